The number of hydrogen-bond donors (Lipinski definition) is 1. The number of rotatable bonds is 5. The summed E-state index contributed by atoms with van der Waals surface area (Å²) in [6.07, 6.45) is 3.07. The molecule has 0 bridgehead atoms. The SMILES string of the molecule is Cc1ccc(S(=O)(=O)NCC[C@@H]2CCc3ccccc32)cc1. The summed E-state index contributed by atoms with van der Waals surface area (Å²) in [7, 11) is -3.40. The Morgan fingerprint density at radius 3 is 2.59 bits per heavy atom. The van der Waals surface area contributed by atoms with Crippen LogP contribution in [0.1, 0.15) is 35.4 Å². The van der Waals surface area contributed by atoms with Gasteiger partial charge < -0.3 is 0 Å². The summed E-state index contributed by atoms with van der Waals surface area (Å²) in [6.45, 7) is 2.43. The second-order valence-corrected chi connectivity index (χ2v) is 7.70. The van der Waals surface area contributed by atoms with Crippen molar-refractivity contribution in [3.8, 4) is 0 Å². The summed E-state index contributed by atoms with van der Waals surface area (Å²) in [5.74, 6) is 0.469. The molecule has 0 amide bonds. The lowest BCUT2D eigenvalue weighted by atomic mass is 9.98. The first-order valence-electron chi connectivity index (χ1n) is 7.70. The molecule has 2 aromatic carbocycles. The molecule has 0 heterocycles. The number of benzene rings is 2. The van der Waals surface area contributed by atoms with E-state index in [1.165, 1.54) is 11.1 Å². The van der Waals surface area contributed by atoms with E-state index in [0.29, 0.717) is 17.4 Å². The van der Waals surface area contributed by atoms with Crippen molar-refractivity contribution < 1.29 is 8.42 Å². The van der Waals surface area contributed by atoms with Crippen LogP contribution in [0.5, 0.6) is 0 Å². The van der Waals surface area contributed by atoms with Crippen molar-refractivity contribution in [1.82, 2.24) is 4.72 Å². The fourth-order valence-corrected chi connectivity index (χ4v) is 4.16. The van der Waals surface area contributed by atoms with E-state index in [-0.39, 0.29) is 0 Å². The molecule has 116 valence electrons. The van der Waals surface area contributed by atoms with E-state index >= 15 is 0 Å². The van der Waals surface area contributed by atoms with Gasteiger partial charge in [0.1, 0.15) is 0 Å². The van der Waals surface area contributed by atoms with Gasteiger partial charge >= 0.3 is 0 Å². The van der Waals surface area contributed by atoms with Crippen LogP contribution in [-0.4, -0.2) is 15.0 Å². The van der Waals surface area contributed by atoms with Gasteiger partial charge in [0.25, 0.3) is 0 Å². The van der Waals surface area contributed by atoms with Crippen LogP contribution in [0.4, 0.5) is 0 Å². The van der Waals surface area contributed by atoms with Crippen LogP contribution < -0.4 is 4.72 Å². The smallest absolute Gasteiger partial charge is 0.211 e. The van der Waals surface area contributed by atoms with Crippen molar-refractivity contribution in [3.63, 3.8) is 0 Å². The lowest BCUT2D eigenvalue weighted by Gasteiger charge is -2.12. The minimum absolute atomic E-state index is 0.338. The van der Waals surface area contributed by atoms with Crippen molar-refractivity contribution in [2.75, 3.05) is 6.54 Å². The molecule has 0 saturated heterocycles. The maximum absolute atomic E-state index is 12.3. The monoisotopic (exact) mass is 315 g/mol. The molecule has 0 aromatic heterocycles. The molecule has 0 unspecified atom stereocenters. The van der Waals surface area contributed by atoms with Crippen molar-refractivity contribution in [2.45, 2.75) is 37.0 Å². The van der Waals surface area contributed by atoms with Gasteiger partial charge in [-0.1, -0.05) is 42.0 Å². The molecule has 1 aliphatic carbocycles. The number of aryl methyl sites for hydroxylation is 2. The first kappa shape index (κ1) is 15.3. The number of fused-ring (bicyclic) bond motifs is 1. The number of nitrogens with one attached hydrogen (secondary N) is 1. The highest BCUT2D eigenvalue weighted by Crippen LogP contribution is 2.34. The summed E-state index contributed by atoms with van der Waals surface area (Å²) in [6, 6.07) is 15.4. The molecule has 3 rings (SSSR count). The molecule has 4 heteroatoms. The highest BCUT2D eigenvalue weighted by atomic mass is 32.2. The molecule has 0 radical (unpaired) electrons. The fraction of sp³-hybridized carbons (Fsp3) is 0.333. The zero-order valence-corrected chi connectivity index (χ0v) is 13.6. The standard InChI is InChI=1S/C18H21NO2S/c1-14-6-10-17(11-7-14)22(20,21)19-13-12-16-9-8-15-4-2-3-5-18(15)16/h2-7,10-11,16,19H,8-9,12-13H2,1H3/t16-/m0/s1. The average Bonchev–Trinajstić information content (AvgIpc) is 2.91. The Morgan fingerprint density at radius 2 is 1.82 bits per heavy atom. The Morgan fingerprint density at radius 1 is 1.09 bits per heavy atom. The van der Waals surface area contributed by atoms with Gasteiger partial charge in [0.15, 0.2) is 0 Å². The van der Waals surface area contributed by atoms with Gasteiger partial charge in [0.05, 0.1) is 4.90 Å². The summed E-state index contributed by atoms with van der Waals surface area (Å²) < 4.78 is 27.2. The molecular formula is C18H21NO2S. The maximum atomic E-state index is 12.3. The minimum Gasteiger partial charge on any atom is -0.211 e. The van der Waals surface area contributed by atoms with Crippen LogP contribution >= 0.6 is 0 Å². The van der Waals surface area contributed by atoms with Gasteiger partial charge in [-0.15, -0.1) is 0 Å². The summed E-state index contributed by atoms with van der Waals surface area (Å²) in [5, 5.41) is 0. The van der Waals surface area contributed by atoms with Gasteiger partial charge in [-0.3, -0.25) is 0 Å². The molecule has 2 aromatic rings. The molecule has 0 aliphatic heterocycles. The second kappa shape index (κ2) is 6.23. The van der Waals surface area contributed by atoms with E-state index in [1.54, 1.807) is 12.1 Å². The van der Waals surface area contributed by atoms with Crippen molar-refractivity contribution in [3.05, 3.63) is 65.2 Å². The third-order valence-corrected chi connectivity index (χ3v) is 5.85. The van der Waals surface area contributed by atoms with E-state index in [0.717, 1.165) is 24.8 Å². The Labute approximate surface area is 132 Å². The van der Waals surface area contributed by atoms with Gasteiger partial charge in [0, 0.05) is 6.54 Å². The molecule has 1 atom stereocenters. The number of sulfonamides is 1. The highest BCUT2D eigenvalue weighted by Gasteiger charge is 2.22. The van der Waals surface area contributed by atoms with Crippen LogP contribution in [0.15, 0.2) is 53.4 Å². The molecule has 0 fully saturated rings. The fourth-order valence-electron chi connectivity index (χ4n) is 3.11. The lowest BCUT2D eigenvalue weighted by molar-refractivity contribution is 0.564. The number of hydrogen-bond acceptors (Lipinski definition) is 2. The van der Waals surface area contributed by atoms with Crippen LogP contribution in [0.25, 0.3) is 0 Å². The van der Waals surface area contributed by atoms with E-state index < -0.39 is 10.0 Å². The van der Waals surface area contributed by atoms with Gasteiger partial charge in [0.2, 0.25) is 10.0 Å². The third kappa shape index (κ3) is 3.23. The zero-order valence-electron chi connectivity index (χ0n) is 12.7. The first-order valence-corrected chi connectivity index (χ1v) is 9.19. The summed E-state index contributed by atoms with van der Waals surface area (Å²) in [4.78, 5) is 0.338. The summed E-state index contributed by atoms with van der Waals surface area (Å²) >= 11 is 0. The highest BCUT2D eigenvalue weighted by molar-refractivity contribution is 7.89. The Balaban J connectivity index is 1.60. The van der Waals surface area contributed by atoms with E-state index in [1.807, 2.05) is 19.1 Å². The first-order chi connectivity index (χ1) is 10.6. The third-order valence-electron chi connectivity index (χ3n) is 4.37. The quantitative estimate of drug-likeness (QED) is 0.919. The van der Waals surface area contributed by atoms with Crippen LogP contribution in [0.3, 0.4) is 0 Å². The molecule has 1 N–H and O–H groups in total. The van der Waals surface area contributed by atoms with Gasteiger partial charge in [-0.2, -0.15) is 0 Å². The molecule has 3 nitrogen and oxygen atoms in total. The topological polar surface area (TPSA) is 46.2 Å². The predicted molar refractivity (Wildman–Crippen MR) is 88.5 cm³/mol. The molecular weight excluding hydrogens is 294 g/mol. The normalized spacial score (nSPS) is 17.4. The Hall–Kier alpha value is -1.65. The van der Waals surface area contributed by atoms with E-state index in [4.69, 9.17) is 0 Å². The van der Waals surface area contributed by atoms with Gasteiger partial charge in [-0.25, -0.2) is 13.1 Å². The van der Waals surface area contributed by atoms with E-state index in [2.05, 4.69) is 29.0 Å². The molecule has 1 aliphatic rings. The Bertz CT molecular complexity index is 751. The van der Waals surface area contributed by atoms with Crippen molar-refractivity contribution in [1.29, 1.82) is 0 Å². The van der Waals surface area contributed by atoms with E-state index in [9.17, 15) is 8.42 Å². The molecule has 0 saturated carbocycles. The average molecular weight is 315 g/mol. The van der Waals surface area contributed by atoms with Crippen molar-refractivity contribution >= 4 is 10.0 Å². The van der Waals surface area contributed by atoms with Gasteiger partial charge in [-0.05, 0) is 55.4 Å². The molecule has 0 spiro atoms. The molecule has 22 heavy (non-hydrogen) atoms. The Kier molecular flexibility index (Phi) is 4.32. The van der Waals surface area contributed by atoms with Crippen molar-refractivity contribution in [2.24, 2.45) is 0 Å². The second-order valence-electron chi connectivity index (χ2n) is 5.93. The predicted octanol–water partition coefficient (Wildman–Crippen LogP) is 3.39. The largest absolute Gasteiger partial charge is 0.240 e. The van der Waals surface area contributed by atoms with Crippen LogP contribution in [0, 0.1) is 6.92 Å². The van der Waals surface area contributed by atoms with Crippen LogP contribution in [-0.2, 0) is 16.4 Å². The maximum Gasteiger partial charge on any atom is 0.240 e. The zero-order chi connectivity index (χ0) is 15.6. The lowest BCUT2D eigenvalue weighted by Crippen LogP contribution is -2.25. The summed E-state index contributed by atoms with van der Waals surface area (Å²) in [5.41, 5.74) is 3.85. The van der Waals surface area contributed by atoms with Crippen LogP contribution in [0.2, 0.25) is 0 Å². The minimum atomic E-state index is -3.40.